The molecule has 1 N–H and O–H groups in total. The van der Waals surface area contributed by atoms with Crippen LogP contribution in [0, 0.1) is 0 Å². The summed E-state index contributed by atoms with van der Waals surface area (Å²) in [7, 11) is 1.59. The van der Waals surface area contributed by atoms with E-state index < -0.39 is 17.7 Å². The van der Waals surface area contributed by atoms with E-state index in [-0.39, 0.29) is 11.3 Å². The first kappa shape index (κ1) is 22.5. The second kappa shape index (κ2) is 10.7. The molecule has 1 fully saturated rings. The molecular weight excluding hydrogens is 396 g/mol. The normalized spacial score (nSPS) is 17.9. The Hall–Kier alpha value is -3.19. The fourth-order valence-corrected chi connectivity index (χ4v) is 3.58. The molecule has 164 valence electrons. The molecule has 0 aliphatic carbocycles. The van der Waals surface area contributed by atoms with E-state index in [0.717, 1.165) is 24.2 Å². The number of aliphatic hydroxyl groups is 1. The summed E-state index contributed by atoms with van der Waals surface area (Å²) >= 11 is 0. The molecule has 3 rings (SSSR count). The zero-order chi connectivity index (χ0) is 22.2. The van der Waals surface area contributed by atoms with Gasteiger partial charge in [0, 0.05) is 38.2 Å². The first-order valence-corrected chi connectivity index (χ1v) is 10.5. The molecule has 1 atom stereocenters. The first-order chi connectivity index (χ1) is 15.1. The van der Waals surface area contributed by atoms with E-state index in [2.05, 4.69) is 11.9 Å². The second-order valence-electron chi connectivity index (χ2n) is 7.35. The van der Waals surface area contributed by atoms with Gasteiger partial charge in [-0.15, -0.1) is 0 Å². The maximum Gasteiger partial charge on any atom is 0.295 e. The summed E-state index contributed by atoms with van der Waals surface area (Å²) in [4.78, 5) is 31.2. The Bertz CT molecular complexity index is 925. The van der Waals surface area contributed by atoms with Gasteiger partial charge in [-0.25, -0.2) is 0 Å². The highest BCUT2D eigenvalue weighted by atomic mass is 16.5. The fourth-order valence-electron chi connectivity index (χ4n) is 3.58. The minimum absolute atomic E-state index is 0.0771. The largest absolute Gasteiger partial charge is 0.507 e. The lowest BCUT2D eigenvalue weighted by Crippen LogP contribution is -2.31. The Morgan fingerprint density at radius 3 is 2.42 bits per heavy atom. The SMILES string of the molecule is CCCCOc1ccc(C2C(=C(O)c3ccncc3)C(=O)C(=O)N2CCCOC)cc1. The molecule has 1 amide bonds. The van der Waals surface area contributed by atoms with E-state index in [1.165, 1.54) is 17.3 Å². The number of rotatable bonds is 10. The number of aliphatic hydroxyl groups excluding tert-OH is 1. The molecule has 1 aromatic heterocycles. The first-order valence-electron chi connectivity index (χ1n) is 10.5. The Labute approximate surface area is 182 Å². The Balaban J connectivity index is 1.99. The van der Waals surface area contributed by atoms with Crippen LogP contribution in [0.25, 0.3) is 5.76 Å². The van der Waals surface area contributed by atoms with Gasteiger partial charge in [-0.3, -0.25) is 14.6 Å². The van der Waals surface area contributed by atoms with Crippen molar-refractivity contribution in [1.82, 2.24) is 9.88 Å². The third-order valence-corrected chi connectivity index (χ3v) is 5.20. The summed E-state index contributed by atoms with van der Waals surface area (Å²) in [6, 6.07) is 9.85. The van der Waals surface area contributed by atoms with Gasteiger partial charge in [0.05, 0.1) is 18.2 Å². The van der Waals surface area contributed by atoms with Crippen molar-refractivity contribution in [1.29, 1.82) is 0 Å². The molecule has 7 nitrogen and oxygen atoms in total. The molecule has 1 aliphatic rings. The average Bonchev–Trinajstić information content (AvgIpc) is 3.05. The third kappa shape index (κ3) is 5.11. The van der Waals surface area contributed by atoms with Crippen LogP contribution in [0.4, 0.5) is 0 Å². The maximum absolute atomic E-state index is 12.9. The van der Waals surface area contributed by atoms with Crippen molar-refractivity contribution >= 4 is 17.4 Å². The van der Waals surface area contributed by atoms with Crippen LogP contribution in [-0.4, -0.2) is 53.5 Å². The number of methoxy groups -OCH3 is 1. The van der Waals surface area contributed by atoms with E-state index in [4.69, 9.17) is 9.47 Å². The lowest BCUT2D eigenvalue weighted by atomic mass is 9.95. The highest BCUT2D eigenvalue weighted by Gasteiger charge is 2.45. The summed E-state index contributed by atoms with van der Waals surface area (Å²) in [6.45, 7) is 3.53. The number of hydrogen-bond donors (Lipinski definition) is 1. The van der Waals surface area contributed by atoms with Gasteiger partial charge in [0.25, 0.3) is 11.7 Å². The standard InChI is InChI=1S/C24H28N2O5/c1-3-4-16-31-19-8-6-17(7-9-19)21-20(22(27)18-10-12-25-13-11-18)23(28)24(29)26(21)14-5-15-30-2/h6-13,21,27H,3-5,14-16H2,1-2H3. The number of ether oxygens (including phenoxy) is 2. The van der Waals surface area contributed by atoms with E-state index in [1.807, 2.05) is 24.3 Å². The number of carbonyl (C=O) groups is 2. The zero-order valence-electron chi connectivity index (χ0n) is 17.9. The zero-order valence-corrected chi connectivity index (χ0v) is 17.9. The summed E-state index contributed by atoms with van der Waals surface area (Å²) in [5.41, 5.74) is 1.25. The number of Topliss-reactive ketones (excluding diaryl/α,β-unsaturated/α-hetero) is 1. The Morgan fingerprint density at radius 2 is 1.77 bits per heavy atom. The van der Waals surface area contributed by atoms with Crippen molar-refractivity contribution in [3.8, 4) is 5.75 Å². The third-order valence-electron chi connectivity index (χ3n) is 5.20. The van der Waals surface area contributed by atoms with Gasteiger partial charge < -0.3 is 19.5 Å². The molecule has 1 saturated heterocycles. The lowest BCUT2D eigenvalue weighted by molar-refractivity contribution is -0.140. The number of likely N-dealkylation sites (tertiary alicyclic amines) is 1. The van der Waals surface area contributed by atoms with Crippen LogP contribution >= 0.6 is 0 Å². The number of ketones is 1. The number of aromatic nitrogens is 1. The predicted molar refractivity (Wildman–Crippen MR) is 117 cm³/mol. The average molecular weight is 424 g/mol. The molecule has 0 saturated carbocycles. The Morgan fingerprint density at radius 1 is 1.06 bits per heavy atom. The van der Waals surface area contributed by atoms with Gasteiger partial charge in [-0.05, 0) is 42.7 Å². The van der Waals surface area contributed by atoms with Crippen LogP contribution in [0.3, 0.4) is 0 Å². The summed E-state index contributed by atoms with van der Waals surface area (Å²) in [5, 5.41) is 10.9. The number of pyridine rings is 1. The number of benzene rings is 1. The molecule has 31 heavy (non-hydrogen) atoms. The summed E-state index contributed by atoms with van der Waals surface area (Å²) in [6.07, 6.45) is 5.65. The molecule has 2 heterocycles. The van der Waals surface area contributed by atoms with Crippen LogP contribution in [0.5, 0.6) is 5.75 Å². The van der Waals surface area contributed by atoms with Gasteiger partial charge in [-0.2, -0.15) is 0 Å². The number of hydrogen-bond acceptors (Lipinski definition) is 6. The molecule has 1 aliphatic heterocycles. The van der Waals surface area contributed by atoms with Crippen LogP contribution in [0.2, 0.25) is 0 Å². The maximum atomic E-state index is 12.9. The molecule has 2 aromatic rings. The summed E-state index contributed by atoms with van der Waals surface area (Å²) < 4.78 is 10.8. The van der Waals surface area contributed by atoms with Gasteiger partial charge in [0.15, 0.2) is 0 Å². The molecular formula is C24H28N2O5. The number of amides is 1. The number of carbonyl (C=O) groups excluding carboxylic acids is 2. The molecule has 0 spiro atoms. The quantitative estimate of drug-likeness (QED) is 0.271. The minimum atomic E-state index is -0.694. The van der Waals surface area contributed by atoms with Crippen LogP contribution in [0.1, 0.15) is 43.4 Å². The van der Waals surface area contributed by atoms with Crippen molar-refractivity contribution in [3.05, 3.63) is 65.5 Å². The number of nitrogens with zero attached hydrogens (tertiary/aromatic N) is 2. The van der Waals surface area contributed by atoms with Gasteiger partial charge in [-0.1, -0.05) is 25.5 Å². The minimum Gasteiger partial charge on any atom is -0.507 e. The van der Waals surface area contributed by atoms with Crippen molar-refractivity contribution in [2.75, 3.05) is 26.9 Å². The van der Waals surface area contributed by atoms with Crippen LogP contribution < -0.4 is 4.74 Å². The van der Waals surface area contributed by atoms with Gasteiger partial charge in [0.2, 0.25) is 0 Å². The molecule has 1 aromatic carbocycles. The van der Waals surface area contributed by atoms with Crippen LogP contribution in [-0.2, 0) is 14.3 Å². The van der Waals surface area contributed by atoms with Gasteiger partial charge in [0.1, 0.15) is 11.5 Å². The second-order valence-corrected chi connectivity index (χ2v) is 7.35. The van der Waals surface area contributed by atoms with Crippen molar-refractivity contribution in [2.24, 2.45) is 0 Å². The predicted octanol–water partition coefficient (Wildman–Crippen LogP) is 3.72. The monoisotopic (exact) mass is 424 g/mol. The fraction of sp³-hybridized carbons (Fsp3) is 0.375. The molecule has 1 unspecified atom stereocenters. The molecule has 0 radical (unpaired) electrons. The smallest absolute Gasteiger partial charge is 0.295 e. The van der Waals surface area contributed by atoms with Crippen molar-refractivity contribution in [2.45, 2.75) is 32.2 Å². The van der Waals surface area contributed by atoms with E-state index in [0.29, 0.717) is 31.7 Å². The van der Waals surface area contributed by atoms with E-state index in [1.54, 1.807) is 19.2 Å². The van der Waals surface area contributed by atoms with Crippen molar-refractivity contribution < 1.29 is 24.2 Å². The van der Waals surface area contributed by atoms with Crippen molar-refractivity contribution in [3.63, 3.8) is 0 Å². The van der Waals surface area contributed by atoms with Gasteiger partial charge >= 0.3 is 0 Å². The molecule has 7 heteroatoms. The molecule has 0 bridgehead atoms. The Kier molecular flexibility index (Phi) is 7.78. The van der Waals surface area contributed by atoms with E-state index >= 15 is 0 Å². The lowest BCUT2D eigenvalue weighted by Gasteiger charge is -2.25. The highest BCUT2D eigenvalue weighted by molar-refractivity contribution is 6.46. The van der Waals surface area contributed by atoms with E-state index in [9.17, 15) is 14.7 Å². The topological polar surface area (TPSA) is 89.0 Å². The summed E-state index contributed by atoms with van der Waals surface area (Å²) in [5.74, 6) is -0.800. The highest BCUT2D eigenvalue weighted by Crippen LogP contribution is 2.39. The number of unbranched alkanes of at least 4 members (excludes halogenated alkanes) is 1. The van der Waals surface area contributed by atoms with Crippen LogP contribution in [0.15, 0.2) is 54.4 Å².